The Bertz CT molecular complexity index is 672. The van der Waals surface area contributed by atoms with E-state index in [1.807, 2.05) is 25.2 Å². The van der Waals surface area contributed by atoms with Gasteiger partial charge in [0.25, 0.3) is 0 Å². The zero-order chi connectivity index (χ0) is 15.0. The summed E-state index contributed by atoms with van der Waals surface area (Å²) in [7, 11) is 1.97. The monoisotopic (exact) mass is 321 g/mol. The minimum Gasteiger partial charge on any atom is -0.485 e. The van der Waals surface area contributed by atoms with E-state index in [-0.39, 0.29) is 12.1 Å². The normalized spacial score (nSPS) is 20.8. The van der Waals surface area contributed by atoms with Crippen molar-refractivity contribution in [2.24, 2.45) is 0 Å². The molecule has 0 fully saturated rings. The molecule has 0 spiro atoms. The van der Waals surface area contributed by atoms with Gasteiger partial charge in [-0.2, -0.15) is 0 Å². The van der Waals surface area contributed by atoms with Crippen LogP contribution in [0, 0.1) is 6.92 Å². The summed E-state index contributed by atoms with van der Waals surface area (Å²) < 4.78 is 6.16. The second kappa shape index (κ2) is 5.88. The molecule has 4 heteroatoms. The molecule has 2 aromatic rings. The summed E-state index contributed by atoms with van der Waals surface area (Å²) in [6, 6.07) is 12.1. The highest BCUT2D eigenvalue weighted by Gasteiger charge is 2.29. The summed E-state index contributed by atoms with van der Waals surface area (Å²) in [6.45, 7) is 2.09. The molecule has 2 nitrogen and oxygen atoms in total. The van der Waals surface area contributed by atoms with E-state index in [1.165, 1.54) is 11.1 Å². The van der Waals surface area contributed by atoms with Gasteiger partial charge in [0.05, 0.1) is 0 Å². The number of aryl methyl sites for hydroxylation is 1. The third-order valence-electron chi connectivity index (χ3n) is 3.92. The van der Waals surface area contributed by atoms with E-state index in [9.17, 15) is 0 Å². The number of hydrogen-bond acceptors (Lipinski definition) is 2. The lowest BCUT2D eigenvalue weighted by Crippen LogP contribution is -2.27. The van der Waals surface area contributed by atoms with Crippen LogP contribution in [0.15, 0.2) is 36.4 Å². The molecule has 2 unspecified atom stereocenters. The summed E-state index contributed by atoms with van der Waals surface area (Å²) in [5.74, 6) is 0.919. The smallest absolute Gasteiger partial charge is 0.127 e. The van der Waals surface area contributed by atoms with E-state index in [2.05, 4.69) is 24.4 Å². The van der Waals surface area contributed by atoms with Gasteiger partial charge in [0, 0.05) is 33.6 Å². The number of rotatable bonds is 2. The Hall–Kier alpha value is -1.22. The molecular formula is C17H17Cl2NO. The second-order valence-electron chi connectivity index (χ2n) is 5.39. The van der Waals surface area contributed by atoms with Crippen molar-refractivity contribution in [2.75, 3.05) is 7.05 Å². The molecule has 21 heavy (non-hydrogen) atoms. The van der Waals surface area contributed by atoms with Gasteiger partial charge in [-0.05, 0) is 32.2 Å². The molecule has 2 aromatic carbocycles. The Morgan fingerprint density at radius 2 is 1.90 bits per heavy atom. The Morgan fingerprint density at radius 3 is 2.62 bits per heavy atom. The van der Waals surface area contributed by atoms with Crippen LogP contribution in [0.4, 0.5) is 0 Å². The zero-order valence-electron chi connectivity index (χ0n) is 12.0. The quantitative estimate of drug-likeness (QED) is 0.832. The predicted octanol–water partition coefficient (Wildman–Crippen LogP) is 5.09. The van der Waals surface area contributed by atoms with Crippen molar-refractivity contribution in [3.8, 4) is 5.75 Å². The van der Waals surface area contributed by atoms with Crippen molar-refractivity contribution in [3.63, 3.8) is 0 Å². The molecule has 1 N–H and O–H groups in total. The number of fused-ring (bicyclic) bond motifs is 1. The van der Waals surface area contributed by atoms with Crippen LogP contribution in [0.25, 0.3) is 0 Å². The molecule has 2 atom stereocenters. The Kier molecular flexibility index (Phi) is 4.12. The van der Waals surface area contributed by atoms with Crippen LogP contribution in [-0.2, 0) is 0 Å². The largest absolute Gasteiger partial charge is 0.485 e. The van der Waals surface area contributed by atoms with Crippen molar-refractivity contribution >= 4 is 23.2 Å². The third kappa shape index (κ3) is 2.89. The number of benzene rings is 2. The molecule has 0 aliphatic carbocycles. The average Bonchev–Trinajstić information content (AvgIpc) is 2.46. The van der Waals surface area contributed by atoms with Crippen molar-refractivity contribution in [1.29, 1.82) is 0 Å². The first-order valence-electron chi connectivity index (χ1n) is 6.98. The topological polar surface area (TPSA) is 21.3 Å². The maximum Gasteiger partial charge on any atom is 0.127 e. The molecule has 110 valence electrons. The van der Waals surface area contributed by atoms with Gasteiger partial charge in [-0.25, -0.2) is 0 Å². The molecule has 1 aliphatic rings. The first-order valence-corrected chi connectivity index (χ1v) is 7.73. The lowest BCUT2D eigenvalue weighted by molar-refractivity contribution is 0.154. The van der Waals surface area contributed by atoms with Crippen LogP contribution in [0.1, 0.15) is 35.3 Å². The maximum atomic E-state index is 6.32. The van der Waals surface area contributed by atoms with Gasteiger partial charge in [0.1, 0.15) is 11.9 Å². The summed E-state index contributed by atoms with van der Waals surface area (Å²) in [5, 5.41) is 4.66. The maximum absolute atomic E-state index is 6.32. The molecule has 0 aromatic heterocycles. The van der Waals surface area contributed by atoms with Crippen LogP contribution in [0.3, 0.4) is 0 Å². The van der Waals surface area contributed by atoms with Crippen LogP contribution >= 0.6 is 23.2 Å². The van der Waals surface area contributed by atoms with E-state index in [0.29, 0.717) is 10.0 Å². The van der Waals surface area contributed by atoms with Gasteiger partial charge in [-0.1, -0.05) is 47.0 Å². The Morgan fingerprint density at radius 1 is 1.10 bits per heavy atom. The first kappa shape index (κ1) is 14.7. The summed E-state index contributed by atoms with van der Waals surface area (Å²) in [5.41, 5.74) is 3.42. The van der Waals surface area contributed by atoms with Gasteiger partial charge in [0.2, 0.25) is 0 Å². The molecule has 0 bridgehead atoms. The van der Waals surface area contributed by atoms with E-state index >= 15 is 0 Å². The minimum atomic E-state index is -0.0672. The fourth-order valence-corrected chi connectivity index (χ4v) is 3.35. The molecule has 0 saturated carbocycles. The summed E-state index contributed by atoms with van der Waals surface area (Å²) in [4.78, 5) is 0. The van der Waals surface area contributed by atoms with E-state index in [4.69, 9.17) is 27.9 Å². The standard InChI is InChI=1S/C17H17Cl2NO/c1-10-3-6-16-13(7-10)15(20-2)9-17(21-16)12-5-4-11(18)8-14(12)19/h3-8,15,17,20H,9H2,1-2H3. The van der Waals surface area contributed by atoms with Crippen LogP contribution in [0.2, 0.25) is 10.0 Å². The van der Waals surface area contributed by atoms with Gasteiger partial charge < -0.3 is 10.1 Å². The van der Waals surface area contributed by atoms with Gasteiger partial charge in [0.15, 0.2) is 0 Å². The van der Waals surface area contributed by atoms with Gasteiger partial charge in [-0.15, -0.1) is 0 Å². The van der Waals surface area contributed by atoms with Crippen LogP contribution in [0.5, 0.6) is 5.75 Å². The number of ether oxygens (including phenoxy) is 1. The van der Waals surface area contributed by atoms with Crippen molar-refractivity contribution in [3.05, 3.63) is 63.1 Å². The van der Waals surface area contributed by atoms with Gasteiger partial charge in [-0.3, -0.25) is 0 Å². The highest BCUT2D eigenvalue weighted by molar-refractivity contribution is 6.35. The molecule has 0 radical (unpaired) electrons. The highest BCUT2D eigenvalue weighted by Crippen LogP contribution is 2.42. The molecule has 3 rings (SSSR count). The second-order valence-corrected chi connectivity index (χ2v) is 6.23. The predicted molar refractivity (Wildman–Crippen MR) is 87.4 cm³/mol. The molecule has 1 aliphatic heterocycles. The number of hydrogen-bond donors (Lipinski definition) is 1. The van der Waals surface area contributed by atoms with Gasteiger partial charge >= 0.3 is 0 Å². The molecule has 1 heterocycles. The summed E-state index contributed by atoms with van der Waals surface area (Å²) in [6.07, 6.45) is 0.774. The fourth-order valence-electron chi connectivity index (χ4n) is 2.82. The first-order chi connectivity index (χ1) is 10.1. The average molecular weight is 322 g/mol. The zero-order valence-corrected chi connectivity index (χ0v) is 13.5. The van der Waals surface area contributed by atoms with Crippen molar-refractivity contribution in [1.82, 2.24) is 5.32 Å². The van der Waals surface area contributed by atoms with Crippen LogP contribution in [-0.4, -0.2) is 7.05 Å². The number of nitrogens with one attached hydrogen (secondary N) is 1. The lowest BCUT2D eigenvalue weighted by Gasteiger charge is -2.33. The van der Waals surface area contributed by atoms with Crippen LogP contribution < -0.4 is 10.1 Å². The Labute approximate surface area is 135 Å². The molecular weight excluding hydrogens is 305 g/mol. The van der Waals surface area contributed by atoms with E-state index < -0.39 is 0 Å². The van der Waals surface area contributed by atoms with Crippen molar-refractivity contribution in [2.45, 2.75) is 25.5 Å². The minimum absolute atomic E-state index is 0.0672. The Balaban J connectivity index is 1.98. The highest BCUT2D eigenvalue weighted by atomic mass is 35.5. The van der Waals surface area contributed by atoms with E-state index in [0.717, 1.165) is 17.7 Å². The number of halogens is 2. The summed E-state index contributed by atoms with van der Waals surface area (Å²) >= 11 is 12.3. The third-order valence-corrected chi connectivity index (χ3v) is 4.48. The van der Waals surface area contributed by atoms with Crippen molar-refractivity contribution < 1.29 is 4.74 Å². The molecule has 0 saturated heterocycles. The fraction of sp³-hybridized carbons (Fsp3) is 0.294. The SMILES string of the molecule is CNC1CC(c2ccc(Cl)cc2Cl)Oc2ccc(C)cc21. The lowest BCUT2D eigenvalue weighted by atomic mass is 9.92. The van der Waals surface area contributed by atoms with E-state index in [1.54, 1.807) is 6.07 Å². The molecule has 0 amide bonds.